The van der Waals surface area contributed by atoms with Gasteiger partial charge in [-0.3, -0.25) is 0 Å². The molecule has 0 atom stereocenters. The highest BCUT2D eigenvalue weighted by atomic mass is 15.3. The van der Waals surface area contributed by atoms with Gasteiger partial charge in [0.05, 0.1) is 12.1 Å². The first-order valence-electron chi connectivity index (χ1n) is 8.52. The van der Waals surface area contributed by atoms with E-state index in [0.29, 0.717) is 0 Å². The highest BCUT2D eigenvalue weighted by Gasteiger charge is 2.35. The van der Waals surface area contributed by atoms with Gasteiger partial charge in [0.25, 0.3) is 0 Å². The second-order valence-electron chi connectivity index (χ2n) is 7.25. The molecule has 1 saturated heterocycles. The van der Waals surface area contributed by atoms with Crippen molar-refractivity contribution in [2.24, 2.45) is 5.92 Å². The molecule has 0 aromatic heterocycles. The fourth-order valence-electron chi connectivity index (χ4n) is 4.71. The van der Waals surface area contributed by atoms with Crippen molar-refractivity contribution in [3.8, 4) is 0 Å². The Labute approximate surface area is 113 Å². The van der Waals surface area contributed by atoms with Gasteiger partial charge in [0.1, 0.15) is 26.2 Å². The van der Waals surface area contributed by atoms with Gasteiger partial charge in [-0.15, -0.1) is 0 Å². The molecule has 2 aliphatic carbocycles. The maximum absolute atomic E-state index is 2.44. The van der Waals surface area contributed by atoms with Crippen LogP contribution in [0.15, 0.2) is 0 Å². The maximum atomic E-state index is 2.44. The lowest BCUT2D eigenvalue weighted by Crippen LogP contribution is -3.31. The Balaban J connectivity index is 1.44. The molecule has 2 N–H and O–H groups in total. The third kappa shape index (κ3) is 2.91. The van der Waals surface area contributed by atoms with Crippen LogP contribution in [0.2, 0.25) is 0 Å². The van der Waals surface area contributed by atoms with Crippen LogP contribution in [0.4, 0.5) is 0 Å². The summed E-state index contributed by atoms with van der Waals surface area (Å²) in [7, 11) is 0. The molecule has 104 valence electrons. The largest absolute Gasteiger partial charge is 0.323 e. The van der Waals surface area contributed by atoms with Crippen LogP contribution < -0.4 is 9.80 Å². The van der Waals surface area contributed by atoms with Crippen molar-refractivity contribution in [2.45, 2.75) is 70.4 Å². The van der Waals surface area contributed by atoms with Crippen LogP contribution >= 0.6 is 0 Å². The SMILES string of the molecule is CC1CCC([NH+]2CC[NH+](C3CCCC3)CC2)CC1. The van der Waals surface area contributed by atoms with Crippen molar-refractivity contribution in [1.82, 2.24) is 0 Å². The van der Waals surface area contributed by atoms with Gasteiger partial charge in [-0.25, -0.2) is 0 Å². The first-order valence-corrected chi connectivity index (χ1v) is 8.52. The van der Waals surface area contributed by atoms with Crippen LogP contribution in [0.5, 0.6) is 0 Å². The second kappa shape index (κ2) is 5.92. The zero-order valence-corrected chi connectivity index (χ0v) is 12.2. The molecule has 3 aliphatic rings. The van der Waals surface area contributed by atoms with E-state index >= 15 is 0 Å². The fourth-order valence-corrected chi connectivity index (χ4v) is 4.71. The van der Waals surface area contributed by atoms with E-state index in [-0.39, 0.29) is 0 Å². The van der Waals surface area contributed by atoms with Crippen molar-refractivity contribution in [3.05, 3.63) is 0 Å². The molecular formula is C16H32N2+2. The molecule has 0 bridgehead atoms. The van der Waals surface area contributed by atoms with Crippen LogP contribution in [0, 0.1) is 5.92 Å². The number of rotatable bonds is 2. The van der Waals surface area contributed by atoms with E-state index in [1.807, 2.05) is 9.80 Å². The van der Waals surface area contributed by atoms with Crippen molar-refractivity contribution in [3.63, 3.8) is 0 Å². The summed E-state index contributed by atoms with van der Waals surface area (Å²) in [5.74, 6) is 1.01. The quantitative estimate of drug-likeness (QED) is 0.699. The molecule has 2 heteroatoms. The van der Waals surface area contributed by atoms with Gasteiger partial charge in [-0.05, 0) is 57.3 Å². The molecule has 3 rings (SSSR count). The average Bonchev–Trinajstić information content (AvgIpc) is 2.94. The van der Waals surface area contributed by atoms with Gasteiger partial charge < -0.3 is 9.80 Å². The smallest absolute Gasteiger partial charge is 0.127 e. The van der Waals surface area contributed by atoms with Gasteiger partial charge in [0.15, 0.2) is 0 Å². The molecular weight excluding hydrogens is 220 g/mol. The van der Waals surface area contributed by atoms with Crippen molar-refractivity contribution in [1.29, 1.82) is 0 Å². The number of quaternary nitrogens is 2. The highest BCUT2D eigenvalue weighted by Crippen LogP contribution is 2.22. The number of hydrogen-bond donors (Lipinski definition) is 2. The Morgan fingerprint density at radius 2 is 1.06 bits per heavy atom. The van der Waals surface area contributed by atoms with Crippen LogP contribution in [-0.2, 0) is 0 Å². The summed E-state index contributed by atoms with van der Waals surface area (Å²) in [6, 6.07) is 2.06. The molecule has 2 nitrogen and oxygen atoms in total. The molecule has 18 heavy (non-hydrogen) atoms. The second-order valence-corrected chi connectivity index (χ2v) is 7.25. The summed E-state index contributed by atoms with van der Waals surface area (Å²) < 4.78 is 0. The average molecular weight is 252 g/mol. The van der Waals surface area contributed by atoms with E-state index in [1.165, 1.54) is 77.5 Å². The Morgan fingerprint density at radius 3 is 1.56 bits per heavy atom. The Kier molecular flexibility index (Phi) is 4.25. The van der Waals surface area contributed by atoms with E-state index in [4.69, 9.17) is 0 Å². The number of piperazine rings is 1. The van der Waals surface area contributed by atoms with Crippen LogP contribution in [0.1, 0.15) is 58.3 Å². The van der Waals surface area contributed by atoms with Gasteiger partial charge in [0.2, 0.25) is 0 Å². The maximum Gasteiger partial charge on any atom is 0.127 e. The molecule has 1 aliphatic heterocycles. The lowest BCUT2D eigenvalue weighted by molar-refractivity contribution is -1.03. The molecule has 2 saturated carbocycles. The van der Waals surface area contributed by atoms with Gasteiger partial charge >= 0.3 is 0 Å². The first-order chi connectivity index (χ1) is 8.83. The molecule has 0 radical (unpaired) electrons. The topological polar surface area (TPSA) is 8.88 Å². The van der Waals surface area contributed by atoms with Gasteiger partial charge in [-0.2, -0.15) is 0 Å². The number of nitrogens with one attached hydrogen (secondary N) is 2. The zero-order valence-electron chi connectivity index (χ0n) is 12.2. The van der Waals surface area contributed by atoms with Gasteiger partial charge in [-0.1, -0.05) is 6.92 Å². The van der Waals surface area contributed by atoms with Crippen molar-refractivity contribution >= 4 is 0 Å². The molecule has 3 fully saturated rings. The Hall–Kier alpha value is -0.0800. The molecule has 0 aromatic rings. The third-order valence-electron chi connectivity index (χ3n) is 6.06. The van der Waals surface area contributed by atoms with Crippen molar-refractivity contribution in [2.75, 3.05) is 26.2 Å². The minimum Gasteiger partial charge on any atom is -0.323 e. The fraction of sp³-hybridized carbons (Fsp3) is 1.00. The molecule has 0 spiro atoms. The monoisotopic (exact) mass is 252 g/mol. The summed E-state index contributed by atoms with van der Waals surface area (Å²) in [6.07, 6.45) is 12.1. The van der Waals surface area contributed by atoms with Gasteiger partial charge in [0, 0.05) is 0 Å². The van der Waals surface area contributed by atoms with E-state index in [9.17, 15) is 0 Å². The summed E-state index contributed by atoms with van der Waals surface area (Å²) in [5, 5.41) is 0. The zero-order chi connectivity index (χ0) is 12.4. The minimum atomic E-state index is 1.01. The van der Waals surface area contributed by atoms with Crippen molar-refractivity contribution < 1.29 is 9.80 Å². The van der Waals surface area contributed by atoms with E-state index in [0.717, 1.165) is 18.0 Å². The molecule has 0 aromatic carbocycles. The highest BCUT2D eigenvalue weighted by molar-refractivity contribution is 4.70. The standard InChI is InChI=1S/C16H30N2/c1-14-6-8-16(9-7-14)18-12-10-17(11-13-18)15-4-2-3-5-15/h14-16H,2-13H2,1H3/p+2. The van der Waals surface area contributed by atoms with E-state index < -0.39 is 0 Å². The predicted octanol–water partition coefficient (Wildman–Crippen LogP) is 0.291. The lowest BCUT2D eigenvalue weighted by Gasteiger charge is -2.39. The third-order valence-corrected chi connectivity index (χ3v) is 6.06. The molecule has 1 heterocycles. The van der Waals surface area contributed by atoms with Crippen LogP contribution in [0.25, 0.3) is 0 Å². The minimum absolute atomic E-state index is 1.01. The summed E-state index contributed by atoms with van der Waals surface area (Å²) >= 11 is 0. The van der Waals surface area contributed by atoms with E-state index in [1.54, 1.807) is 0 Å². The first kappa shape index (κ1) is 12.9. The Bertz CT molecular complexity index is 244. The summed E-state index contributed by atoms with van der Waals surface area (Å²) in [5.41, 5.74) is 0. The Morgan fingerprint density at radius 1 is 0.611 bits per heavy atom. The normalized spacial score (nSPS) is 43.2. The summed E-state index contributed by atoms with van der Waals surface area (Å²) in [6.45, 7) is 8.29. The van der Waals surface area contributed by atoms with Crippen LogP contribution in [-0.4, -0.2) is 38.3 Å². The van der Waals surface area contributed by atoms with E-state index in [2.05, 4.69) is 6.92 Å². The molecule has 0 unspecified atom stereocenters. The number of hydrogen-bond acceptors (Lipinski definition) is 0. The molecule has 0 amide bonds. The summed E-state index contributed by atoms with van der Waals surface area (Å²) in [4.78, 5) is 3.92. The lowest BCUT2D eigenvalue weighted by atomic mass is 9.86. The van der Waals surface area contributed by atoms with Crippen LogP contribution in [0.3, 0.4) is 0 Å². The predicted molar refractivity (Wildman–Crippen MR) is 75.1 cm³/mol.